The molecule has 0 atom stereocenters. The number of hydrogen-bond acceptors (Lipinski definition) is 5. The minimum atomic E-state index is -0.550. The molecule has 0 bridgehead atoms. The van der Waals surface area contributed by atoms with E-state index in [4.69, 9.17) is 10.5 Å². The van der Waals surface area contributed by atoms with Crippen molar-refractivity contribution in [1.29, 1.82) is 0 Å². The highest BCUT2D eigenvalue weighted by atomic mass is 16.5. The summed E-state index contributed by atoms with van der Waals surface area (Å²) in [6.07, 6.45) is -0.550. The topological polar surface area (TPSA) is 89.3 Å². The van der Waals surface area contributed by atoms with Gasteiger partial charge < -0.3 is 15.8 Å². The van der Waals surface area contributed by atoms with E-state index < -0.39 is 6.09 Å². The molecule has 0 fully saturated rings. The Hall–Kier alpha value is -3.54. The molecule has 3 aromatic rings. The summed E-state index contributed by atoms with van der Waals surface area (Å²) in [5, 5.41) is 5.83. The molecule has 4 N–H and O–H groups in total. The van der Waals surface area contributed by atoms with Crippen LogP contribution in [0.5, 0.6) is 0 Å². The zero-order valence-corrected chi connectivity index (χ0v) is 17.9. The summed E-state index contributed by atoms with van der Waals surface area (Å²) >= 11 is 0. The van der Waals surface area contributed by atoms with E-state index in [2.05, 4.69) is 72.8 Å². The molecule has 3 rings (SSSR count). The summed E-state index contributed by atoms with van der Waals surface area (Å²) in [6, 6.07) is 16.4. The second-order valence-corrected chi connectivity index (χ2v) is 7.30. The molecule has 6 heteroatoms. The summed E-state index contributed by atoms with van der Waals surface area (Å²) in [5.74, 6) is 0.866. The van der Waals surface area contributed by atoms with Crippen LogP contribution < -0.4 is 16.4 Å². The molecule has 0 aliphatic rings. The van der Waals surface area contributed by atoms with E-state index in [1.807, 2.05) is 0 Å². The average molecular weight is 405 g/mol. The van der Waals surface area contributed by atoms with Gasteiger partial charge in [-0.3, -0.25) is 5.32 Å². The minimum absolute atomic E-state index is 0.230. The number of carbonyl (C=O) groups excluding carboxylic acids is 1. The van der Waals surface area contributed by atoms with Gasteiger partial charge in [0, 0.05) is 6.54 Å². The first kappa shape index (κ1) is 21.2. The van der Waals surface area contributed by atoms with Gasteiger partial charge in [-0.2, -0.15) is 0 Å². The Labute approximate surface area is 177 Å². The van der Waals surface area contributed by atoms with Crippen LogP contribution in [0.2, 0.25) is 0 Å². The number of pyridine rings is 1. The smallest absolute Gasteiger partial charge is 0.411 e. The highest BCUT2D eigenvalue weighted by Crippen LogP contribution is 2.28. The van der Waals surface area contributed by atoms with Gasteiger partial charge in [0.25, 0.3) is 0 Å². The normalized spacial score (nSPS) is 10.5. The van der Waals surface area contributed by atoms with Crippen LogP contribution in [0.15, 0.2) is 48.5 Å². The van der Waals surface area contributed by atoms with Gasteiger partial charge in [-0.25, -0.2) is 9.78 Å². The largest absolute Gasteiger partial charge is 0.450 e. The van der Waals surface area contributed by atoms with E-state index in [1.165, 1.54) is 27.8 Å². The number of carbonyl (C=O) groups is 1. The van der Waals surface area contributed by atoms with Crippen LogP contribution in [0.1, 0.15) is 29.2 Å². The maximum Gasteiger partial charge on any atom is 0.411 e. The third-order valence-electron chi connectivity index (χ3n) is 4.83. The summed E-state index contributed by atoms with van der Waals surface area (Å²) in [4.78, 5) is 15.8. The molecule has 0 radical (unpaired) electrons. The fourth-order valence-corrected chi connectivity index (χ4v) is 3.57. The van der Waals surface area contributed by atoms with Crippen molar-refractivity contribution in [2.75, 3.05) is 23.0 Å². The number of aromatic nitrogens is 1. The molecule has 0 saturated heterocycles. The van der Waals surface area contributed by atoms with E-state index in [1.54, 1.807) is 19.1 Å². The molecule has 0 unspecified atom stereocenters. The number of nitrogens with zero attached hydrogens (tertiary/aromatic N) is 1. The maximum absolute atomic E-state index is 11.5. The van der Waals surface area contributed by atoms with Crippen molar-refractivity contribution in [3.63, 3.8) is 0 Å². The van der Waals surface area contributed by atoms with E-state index in [0.717, 1.165) is 5.56 Å². The van der Waals surface area contributed by atoms with Gasteiger partial charge in [0.15, 0.2) is 0 Å². The van der Waals surface area contributed by atoms with Crippen LogP contribution in [-0.4, -0.2) is 17.7 Å². The molecule has 156 valence electrons. The lowest BCUT2D eigenvalue weighted by atomic mass is 9.93. The molecule has 0 spiro atoms. The number of amides is 1. The van der Waals surface area contributed by atoms with Gasteiger partial charge in [-0.15, -0.1) is 0 Å². The van der Waals surface area contributed by atoms with Crippen molar-refractivity contribution in [2.45, 2.75) is 34.2 Å². The number of ether oxygens (including phenoxy) is 1. The van der Waals surface area contributed by atoms with Gasteiger partial charge in [0.05, 0.1) is 12.3 Å². The van der Waals surface area contributed by atoms with Crippen molar-refractivity contribution in [2.24, 2.45) is 0 Å². The third kappa shape index (κ3) is 5.08. The van der Waals surface area contributed by atoms with Gasteiger partial charge >= 0.3 is 6.09 Å². The molecule has 6 nitrogen and oxygen atoms in total. The summed E-state index contributed by atoms with van der Waals surface area (Å²) < 4.78 is 4.85. The van der Waals surface area contributed by atoms with Crippen LogP contribution in [0, 0.1) is 20.8 Å². The van der Waals surface area contributed by atoms with E-state index in [0.29, 0.717) is 24.7 Å². The van der Waals surface area contributed by atoms with Gasteiger partial charge in [-0.05, 0) is 67.6 Å². The van der Waals surface area contributed by atoms with Crippen LogP contribution in [-0.2, 0) is 11.3 Å². The van der Waals surface area contributed by atoms with Crippen LogP contribution >= 0.6 is 0 Å². The number of benzene rings is 2. The van der Waals surface area contributed by atoms with Crippen molar-refractivity contribution < 1.29 is 9.53 Å². The Kier molecular flexibility index (Phi) is 6.57. The number of aryl methyl sites for hydroxylation is 3. The first-order valence-corrected chi connectivity index (χ1v) is 9.98. The molecule has 0 saturated carbocycles. The van der Waals surface area contributed by atoms with Gasteiger partial charge in [0.2, 0.25) is 0 Å². The number of rotatable bonds is 6. The monoisotopic (exact) mass is 404 g/mol. The minimum Gasteiger partial charge on any atom is -0.450 e. The summed E-state index contributed by atoms with van der Waals surface area (Å²) in [7, 11) is 0. The molecule has 0 aliphatic heterocycles. The molecule has 1 aromatic heterocycles. The Morgan fingerprint density at radius 1 is 1.03 bits per heavy atom. The lowest BCUT2D eigenvalue weighted by Crippen LogP contribution is -2.15. The standard InChI is InChI=1S/C24H28N4O2/c1-5-30-24(29)27-20-10-11-21(28-23(20)25)26-14-18-6-8-19(9-7-18)22-16(3)12-15(2)13-17(22)4/h6-13H,5,14H2,1-4H3,(H,27,29)(H3,25,26,28). The predicted octanol–water partition coefficient (Wildman–Crippen LogP) is 5.44. The maximum atomic E-state index is 11.5. The predicted molar refractivity (Wildman–Crippen MR) is 123 cm³/mol. The van der Waals surface area contributed by atoms with Crippen molar-refractivity contribution >= 4 is 23.4 Å². The Balaban J connectivity index is 1.66. The molecule has 1 amide bonds. The fourth-order valence-electron chi connectivity index (χ4n) is 3.57. The van der Waals surface area contributed by atoms with Crippen molar-refractivity contribution in [3.8, 4) is 11.1 Å². The lowest BCUT2D eigenvalue weighted by Gasteiger charge is -2.13. The SMILES string of the molecule is CCOC(=O)Nc1ccc(NCc2ccc(-c3c(C)cc(C)cc3C)cc2)nc1N. The first-order chi connectivity index (χ1) is 14.4. The van der Waals surface area contributed by atoms with Crippen LogP contribution in [0.4, 0.5) is 22.1 Å². The van der Waals surface area contributed by atoms with Crippen LogP contribution in [0.3, 0.4) is 0 Å². The quantitative estimate of drug-likeness (QED) is 0.509. The summed E-state index contributed by atoms with van der Waals surface area (Å²) in [6.45, 7) is 9.08. The molecular weight excluding hydrogens is 376 g/mol. The molecule has 2 aromatic carbocycles. The number of anilines is 3. The second kappa shape index (κ2) is 9.31. The van der Waals surface area contributed by atoms with E-state index in [9.17, 15) is 4.79 Å². The molecule has 0 aliphatic carbocycles. The highest BCUT2D eigenvalue weighted by molar-refractivity contribution is 5.88. The number of hydrogen-bond donors (Lipinski definition) is 3. The lowest BCUT2D eigenvalue weighted by molar-refractivity contribution is 0.168. The molecule has 1 heterocycles. The van der Waals surface area contributed by atoms with Crippen LogP contribution in [0.25, 0.3) is 11.1 Å². The average Bonchev–Trinajstić information content (AvgIpc) is 2.69. The van der Waals surface area contributed by atoms with E-state index >= 15 is 0 Å². The number of nitrogens with two attached hydrogens (primary N) is 1. The van der Waals surface area contributed by atoms with E-state index in [-0.39, 0.29) is 5.82 Å². The zero-order valence-electron chi connectivity index (χ0n) is 17.9. The fraction of sp³-hybridized carbons (Fsp3) is 0.250. The summed E-state index contributed by atoms with van der Waals surface area (Å²) in [5.41, 5.74) is 13.9. The zero-order chi connectivity index (χ0) is 21.7. The van der Waals surface area contributed by atoms with Crippen molar-refractivity contribution in [3.05, 3.63) is 70.8 Å². The number of nitrogen functional groups attached to an aromatic ring is 1. The van der Waals surface area contributed by atoms with Crippen molar-refractivity contribution in [1.82, 2.24) is 4.98 Å². The van der Waals surface area contributed by atoms with Gasteiger partial charge in [-0.1, -0.05) is 42.0 Å². The molecular formula is C24H28N4O2. The Morgan fingerprint density at radius 2 is 1.70 bits per heavy atom. The molecule has 30 heavy (non-hydrogen) atoms. The third-order valence-corrected chi connectivity index (χ3v) is 4.83. The number of nitrogens with one attached hydrogen (secondary N) is 2. The second-order valence-electron chi connectivity index (χ2n) is 7.30. The highest BCUT2D eigenvalue weighted by Gasteiger charge is 2.09. The first-order valence-electron chi connectivity index (χ1n) is 9.98. The Morgan fingerprint density at radius 3 is 2.30 bits per heavy atom. The Bertz CT molecular complexity index is 1020. The van der Waals surface area contributed by atoms with Gasteiger partial charge in [0.1, 0.15) is 11.6 Å².